The van der Waals surface area contributed by atoms with Gasteiger partial charge in [-0.3, -0.25) is 4.79 Å². The summed E-state index contributed by atoms with van der Waals surface area (Å²) in [5.41, 5.74) is 0.356. The van der Waals surface area contributed by atoms with Crippen molar-refractivity contribution in [2.75, 3.05) is 19.8 Å². The molecule has 1 amide bonds. The molecule has 0 aromatic rings. The number of amides is 1. The Kier molecular flexibility index (Phi) is 4.58. The molecule has 3 heteroatoms. The maximum Gasteiger partial charge on any atom is 0.225 e. The number of ether oxygens (including phenoxy) is 1. The first kappa shape index (κ1) is 15.3. The van der Waals surface area contributed by atoms with E-state index in [-0.39, 0.29) is 0 Å². The monoisotopic (exact) mass is 293 g/mol. The van der Waals surface area contributed by atoms with E-state index in [4.69, 9.17) is 4.74 Å². The molecule has 3 nitrogen and oxygen atoms in total. The van der Waals surface area contributed by atoms with Gasteiger partial charge in [-0.05, 0) is 63.2 Å². The zero-order valence-corrected chi connectivity index (χ0v) is 13.8. The summed E-state index contributed by atoms with van der Waals surface area (Å²) in [6.07, 6.45) is 9.51. The average molecular weight is 293 g/mol. The topological polar surface area (TPSA) is 29.5 Å². The lowest BCUT2D eigenvalue weighted by molar-refractivity contribution is -0.139. The van der Waals surface area contributed by atoms with Crippen LogP contribution in [0, 0.1) is 17.3 Å². The average Bonchev–Trinajstić information content (AvgIpc) is 2.84. The van der Waals surface area contributed by atoms with E-state index in [9.17, 15) is 4.79 Å². The van der Waals surface area contributed by atoms with Crippen LogP contribution >= 0.6 is 0 Å². The molecule has 1 atom stereocenters. The van der Waals surface area contributed by atoms with Gasteiger partial charge >= 0.3 is 0 Å². The minimum absolute atomic E-state index is 0.310. The highest BCUT2D eigenvalue weighted by molar-refractivity contribution is 5.79. The first-order chi connectivity index (χ1) is 10.2. The second kappa shape index (κ2) is 6.28. The van der Waals surface area contributed by atoms with E-state index < -0.39 is 0 Å². The van der Waals surface area contributed by atoms with Gasteiger partial charge in [0.05, 0.1) is 0 Å². The van der Waals surface area contributed by atoms with Crippen LogP contribution in [0.25, 0.3) is 0 Å². The van der Waals surface area contributed by atoms with E-state index in [1.807, 2.05) is 0 Å². The molecule has 3 aliphatic rings. The molecule has 0 aromatic carbocycles. The normalized spacial score (nSPS) is 36.1. The third-order valence-electron chi connectivity index (χ3n) is 6.75. The van der Waals surface area contributed by atoms with Gasteiger partial charge in [0.15, 0.2) is 0 Å². The van der Waals surface area contributed by atoms with Crippen LogP contribution in [-0.2, 0) is 9.53 Å². The largest absolute Gasteiger partial charge is 0.381 e. The van der Waals surface area contributed by atoms with Crippen LogP contribution in [0.1, 0.15) is 65.2 Å². The van der Waals surface area contributed by atoms with Crippen LogP contribution in [0.15, 0.2) is 0 Å². The maximum absolute atomic E-state index is 12.9. The molecule has 1 aliphatic carbocycles. The zero-order valence-electron chi connectivity index (χ0n) is 13.8. The Hall–Kier alpha value is -0.570. The Bertz CT molecular complexity index is 367. The van der Waals surface area contributed by atoms with E-state index in [2.05, 4.69) is 18.7 Å². The highest BCUT2D eigenvalue weighted by atomic mass is 16.5. The predicted molar refractivity (Wildman–Crippen MR) is 84.0 cm³/mol. The fraction of sp³-hybridized carbons (Fsp3) is 0.944. The highest BCUT2D eigenvalue weighted by Gasteiger charge is 2.48. The van der Waals surface area contributed by atoms with Crippen LogP contribution in [0.4, 0.5) is 0 Å². The van der Waals surface area contributed by atoms with Crippen LogP contribution < -0.4 is 0 Å². The molecule has 1 unspecified atom stereocenters. The number of hydrogen-bond donors (Lipinski definition) is 0. The molecular formula is C18H31NO2. The van der Waals surface area contributed by atoms with Gasteiger partial charge in [-0.25, -0.2) is 0 Å². The standard InChI is InChI=1S/C18H31NO2/c1-3-15-4-6-16(7-5-15)17(20)19-11-8-18(14(19)2)9-12-21-13-10-18/h14-16H,3-13H2,1-2H3. The maximum atomic E-state index is 12.9. The number of hydrogen-bond acceptors (Lipinski definition) is 2. The molecule has 120 valence electrons. The molecule has 0 N–H and O–H groups in total. The second-order valence-electron chi connectivity index (χ2n) is 7.56. The van der Waals surface area contributed by atoms with Crippen molar-refractivity contribution in [1.82, 2.24) is 4.90 Å². The molecule has 2 heterocycles. The summed E-state index contributed by atoms with van der Waals surface area (Å²) in [5.74, 6) is 1.64. The number of carbonyl (C=O) groups is 1. The molecule has 3 fully saturated rings. The summed E-state index contributed by atoms with van der Waals surface area (Å²) in [4.78, 5) is 15.2. The first-order valence-corrected chi connectivity index (χ1v) is 9.04. The van der Waals surface area contributed by atoms with Crippen molar-refractivity contribution in [3.05, 3.63) is 0 Å². The van der Waals surface area contributed by atoms with Gasteiger partial charge in [0.2, 0.25) is 5.91 Å². The molecule has 21 heavy (non-hydrogen) atoms. The van der Waals surface area contributed by atoms with Crippen LogP contribution in [0.2, 0.25) is 0 Å². The second-order valence-corrected chi connectivity index (χ2v) is 7.56. The Morgan fingerprint density at radius 2 is 1.81 bits per heavy atom. The summed E-state index contributed by atoms with van der Waals surface area (Å²) in [6, 6.07) is 0.415. The summed E-state index contributed by atoms with van der Waals surface area (Å²) >= 11 is 0. The van der Waals surface area contributed by atoms with E-state index in [0.717, 1.165) is 51.4 Å². The number of rotatable bonds is 2. The first-order valence-electron chi connectivity index (χ1n) is 9.04. The van der Waals surface area contributed by atoms with Crippen molar-refractivity contribution < 1.29 is 9.53 Å². The van der Waals surface area contributed by atoms with Crippen molar-refractivity contribution in [2.24, 2.45) is 17.3 Å². The highest BCUT2D eigenvalue weighted by Crippen LogP contribution is 2.46. The van der Waals surface area contributed by atoms with Crippen molar-refractivity contribution >= 4 is 5.91 Å². The molecule has 1 saturated carbocycles. The third-order valence-corrected chi connectivity index (χ3v) is 6.75. The molecular weight excluding hydrogens is 262 g/mol. The SMILES string of the molecule is CCC1CCC(C(=O)N2CCC3(CCOCC3)C2C)CC1. The molecule has 0 aromatic heterocycles. The number of carbonyl (C=O) groups excluding carboxylic acids is 1. The van der Waals surface area contributed by atoms with Crippen molar-refractivity contribution in [3.63, 3.8) is 0 Å². The lowest BCUT2D eigenvalue weighted by atomic mass is 9.74. The lowest BCUT2D eigenvalue weighted by Gasteiger charge is -2.40. The van der Waals surface area contributed by atoms with Crippen molar-refractivity contribution in [3.8, 4) is 0 Å². The van der Waals surface area contributed by atoms with E-state index in [0.29, 0.717) is 23.3 Å². The van der Waals surface area contributed by atoms with Crippen LogP contribution in [0.3, 0.4) is 0 Å². The number of likely N-dealkylation sites (tertiary alicyclic amines) is 1. The molecule has 0 bridgehead atoms. The lowest BCUT2D eigenvalue weighted by Crippen LogP contribution is -2.45. The van der Waals surface area contributed by atoms with Crippen molar-refractivity contribution in [2.45, 2.75) is 71.3 Å². The quantitative estimate of drug-likeness (QED) is 0.778. The fourth-order valence-corrected chi connectivity index (χ4v) is 4.88. The van der Waals surface area contributed by atoms with Gasteiger partial charge in [0, 0.05) is 31.7 Å². The number of nitrogens with zero attached hydrogens (tertiary/aromatic N) is 1. The Morgan fingerprint density at radius 1 is 1.14 bits per heavy atom. The van der Waals surface area contributed by atoms with E-state index in [1.54, 1.807) is 0 Å². The third kappa shape index (κ3) is 2.86. The predicted octanol–water partition coefficient (Wildman–Crippen LogP) is 3.62. The summed E-state index contributed by atoms with van der Waals surface area (Å²) in [5, 5.41) is 0. The molecule has 3 rings (SSSR count). The van der Waals surface area contributed by atoms with Gasteiger partial charge in [-0.2, -0.15) is 0 Å². The minimum Gasteiger partial charge on any atom is -0.381 e. The smallest absolute Gasteiger partial charge is 0.225 e. The van der Waals surface area contributed by atoms with Crippen LogP contribution in [0.5, 0.6) is 0 Å². The summed E-state index contributed by atoms with van der Waals surface area (Å²) in [6.45, 7) is 7.31. The van der Waals surface area contributed by atoms with Gasteiger partial charge in [0.25, 0.3) is 0 Å². The molecule has 0 radical (unpaired) electrons. The Labute approximate surface area is 129 Å². The van der Waals surface area contributed by atoms with E-state index >= 15 is 0 Å². The molecule has 1 spiro atoms. The van der Waals surface area contributed by atoms with Gasteiger partial charge in [-0.15, -0.1) is 0 Å². The minimum atomic E-state index is 0.310. The summed E-state index contributed by atoms with van der Waals surface area (Å²) < 4.78 is 5.54. The van der Waals surface area contributed by atoms with E-state index in [1.165, 1.54) is 25.7 Å². The molecule has 2 aliphatic heterocycles. The van der Waals surface area contributed by atoms with Gasteiger partial charge < -0.3 is 9.64 Å². The van der Waals surface area contributed by atoms with Crippen LogP contribution in [-0.4, -0.2) is 36.6 Å². The van der Waals surface area contributed by atoms with Crippen molar-refractivity contribution in [1.29, 1.82) is 0 Å². The van der Waals surface area contributed by atoms with Gasteiger partial charge in [-0.1, -0.05) is 13.3 Å². The summed E-state index contributed by atoms with van der Waals surface area (Å²) in [7, 11) is 0. The Morgan fingerprint density at radius 3 is 2.43 bits per heavy atom. The Balaban J connectivity index is 1.61. The fourth-order valence-electron chi connectivity index (χ4n) is 4.88. The molecule has 2 saturated heterocycles. The van der Waals surface area contributed by atoms with Gasteiger partial charge in [0.1, 0.15) is 0 Å². The zero-order chi connectivity index (χ0) is 14.9.